The van der Waals surface area contributed by atoms with Crippen LogP contribution >= 0.6 is 0 Å². The highest BCUT2D eigenvalue weighted by molar-refractivity contribution is 5.93. The Labute approximate surface area is 161 Å². The normalized spacial score (nSPS) is 21.6. The van der Waals surface area contributed by atoms with Gasteiger partial charge in [-0.15, -0.1) is 0 Å². The van der Waals surface area contributed by atoms with E-state index in [1.54, 1.807) is 13.1 Å². The maximum absolute atomic E-state index is 11.3. The van der Waals surface area contributed by atoms with E-state index in [0.717, 1.165) is 40.6 Å². The number of aromatic amines is 1. The number of hydrogen-bond acceptors (Lipinski definition) is 5. The SMILES string of the molecule is CC(=O)N[C@]1(C)C[C@H](Nc2ncc3c(-c4ccc5nccn5c4)c[nH]c3n2)C1. The third kappa shape index (κ3) is 2.87. The first-order chi connectivity index (χ1) is 13.5. The third-order valence-electron chi connectivity index (χ3n) is 5.34. The molecule has 142 valence electrons. The Hall–Kier alpha value is -3.42. The second-order valence-electron chi connectivity index (χ2n) is 7.76. The lowest BCUT2D eigenvalue weighted by atomic mass is 9.74. The molecule has 1 aliphatic carbocycles. The van der Waals surface area contributed by atoms with Crippen LogP contribution in [0.15, 0.2) is 43.1 Å². The van der Waals surface area contributed by atoms with Crippen molar-refractivity contribution in [3.63, 3.8) is 0 Å². The Morgan fingerprint density at radius 1 is 1.32 bits per heavy atom. The molecule has 0 saturated heterocycles. The molecule has 4 aromatic heterocycles. The maximum Gasteiger partial charge on any atom is 0.224 e. The highest BCUT2D eigenvalue weighted by Crippen LogP contribution is 2.34. The summed E-state index contributed by atoms with van der Waals surface area (Å²) in [4.78, 5) is 27.9. The molecule has 5 rings (SSSR count). The van der Waals surface area contributed by atoms with Gasteiger partial charge in [0.25, 0.3) is 0 Å². The van der Waals surface area contributed by atoms with E-state index in [0.29, 0.717) is 5.95 Å². The van der Waals surface area contributed by atoms with E-state index in [-0.39, 0.29) is 17.5 Å². The van der Waals surface area contributed by atoms with Crippen molar-refractivity contribution in [3.05, 3.63) is 43.1 Å². The summed E-state index contributed by atoms with van der Waals surface area (Å²) in [5.41, 5.74) is 3.70. The molecule has 1 fully saturated rings. The zero-order chi connectivity index (χ0) is 19.3. The second-order valence-corrected chi connectivity index (χ2v) is 7.76. The van der Waals surface area contributed by atoms with Crippen molar-refractivity contribution in [2.75, 3.05) is 5.32 Å². The van der Waals surface area contributed by atoms with E-state index in [1.165, 1.54) is 0 Å². The smallest absolute Gasteiger partial charge is 0.224 e. The fraction of sp³-hybridized carbons (Fsp3) is 0.300. The van der Waals surface area contributed by atoms with Crippen molar-refractivity contribution in [2.24, 2.45) is 0 Å². The molecule has 8 heteroatoms. The van der Waals surface area contributed by atoms with E-state index in [2.05, 4.69) is 37.5 Å². The fourth-order valence-corrected chi connectivity index (χ4v) is 4.13. The van der Waals surface area contributed by atoms with Gasteiger partial charge in [-0.05, 0) is 31.9 Å². The van der Waals surface area contributed by atoms with Crippen molar-refractivity contribution in [2.45, 2.75) is 38.3 Å². The van der Waals surface area contributed by atoms with Gasteiger partial charge in [-0.25, -0.2) is 9.97 Å². The highest BCUT2D eigenvalue weighted by atomic mass is 16.1. The number of carbonyl (C=O) groups is 1. The first kappa shape index (κ1) is 16.7. The van der Waals surface area contributed by atoms with Crippen molar-refractivity contribution in [3.8, 4) is 11.1 Å². The average Bonchev–Trinajstić information content (AvgIpc) is 3.25. The molecule has 1 amide bonds. The number of imidazole rings is 1. The minimum Gasteiger partial charge on any atom is -0.351 e. The van der Waals surface area contributed by atoms with Crippen LogP contribution < -0.4 is 10.6 Å². The lowest BCUT2D eigenvalue weighted by molar-refractivity contribution is -0.121. The van der Waals surface area contributed by atoms with Crippen molar-refractivity contribution in [1.82, 2.24) is 29.7 Å². The standard InChI is InChI=1S/C20H21N7O/c1-12(28)26-20(2)7-14(8-20)24-19-23-10-16-15(9-22-18(16)25-19)13-3-4-17-21-5-6-27(17)11-13/h3-6,9-11,14H,7-8H2,1-2H3,(H,26,28)(H2,22,23,24,25)/t14-,20+. The first-order valence-corrected chi connectivity index (χ1v) is 9.32. The topological polar surface area (TPSA) is 100 Å². The van der Waals surface area contributed by atoms with Gasteiger partial charge in [0.2, 0.25) is 11.9 Å². The van der Waals surface area contributed by atoms with Gasteiger partial charge in [0, 0.05) is 66.0 Å². The van der Waals surface area contributed by atoms with E-state index in [1.807, 2.05) is 41.3 Å². The van der Waals surface area contributed by atoms with Gasteiger partial charge < -0.3 is 20.0 Å². The van der Waals surface area contributed by atoms with Crippen LogP contribution in [-0.2, 0) is 4.79 Å². The molecular formula is C20H21N7O. The van der Waals surface area contributed by atoms with Gasteiger partial charge in [-0.1, -0.05) is 0 Å². The van der Waals surface area contributed by atoms with Crippen LogP contribution in [0.5, 0.6) is 0 Å². The predicted octanol–water partition coefficient (Wildman–Crippen LogP) is 2.74. The molecule has 0 aromatic carbocycles. The Morgan fingerprint density at radius 2 is 2.18 bits per heavy atom. The summed E-state index contributed by atoms with van der Waals surface area (Å²) in [5.74, 6) is 0.604. The zero-order valence-corrected chi connectivity index (χ0v) is 15.7. The van der Waals surface area contributed by atoms with Gasteiger partial charge in [0.05, 0.1) is 0 Å². The molecular weight excluding hydrogens is 354 g/mol. The van der Waals surface area contributed by atoms with E-state index < -0.39 is 0 Å². The Morgan fingerprint density at radius 3 is 3.00 bits per heavy atom. The third-order valence-corrected chi connectivity index (χ3v) is 5.34. The number of nitrogens with one attached hydrogen (secondary N) is 3. The van der Waals surface area contributed by atoms with Crippen LogP contribution in [0.2, 0.25) is 0 Å². The Kier molecular flexibility index (Phi) is 3.61. The van der Waals surface area contributed by atoms with Crippen molar-refractivity contribution < 1.29 is 4.79 Å². The lowest BCUT2D eigenvalue weighted by Gasteiger charge is -2.45. The predicted molar refractivity (Wildman–Crippen MR) is 107 cm³/mol. The highest BCUT2D eigenvalue weighted by Gasteiger charge is 2.41. The molecule has 28 heavy (non-hydrogen) atoms. The molecule has 0 radical (unpaired) electrons. The molecule has 8 nitrogen and oxygen atoms in total. The van der Waals surface area contributed by atoms with E-state index in [9.17, 15) is 4.79 Å². The number of nitrogens with zero attached hydrogens (tertiary/aromatic N) is 4. The largest absolute Gasteiger partial charge is 0.351 e. The summed E-state index contributed by atoms with van der Waals surface area (Å²) in [6, 6.07) is 4.30. The molecule has 0 atom stereocenters. The number of H-pyrrole nitrogens is 1. The summed E-state index contributed by atoms with van der Waals surface area (Å²) in [7, 11) is 0. The fourth-order valence-electron chi connectivity index (χ4n) is 4.13. The van der Waals surface area contributed by atoms with Crippen LogP contribution in [0, 0.1) is 0 Å². The number of amides is 1. The summed E-state index contributed by atoms with van der Waals surface area (Å²) in [5, 5.41) is 7.34. The average molecular weight is 375 g/mol. The Bertz CT molecular complexity index is 1190. The van der Waals surface area contributed by atoms with Crippen molar-refractivity contribution in [1.29, 1.82) is 0 Å². The molecule has 0 aliphatic heterocycles. The number of rotatable bonds is 4. The van der Waals surface area contributed by atoms with Crippen LogP contribution in [0.3, 0.4) is 0 Å². The second kappa shape index (κ2) is 6.05. The van der Waals surface area contributed by atoms with Crippen LogP contribution in [0.25, 0.3) is 27.8 Å². The van der Waals surface area contributed by atoms with Gasteiger partial charge in [-0.3, -0.25) is 4.79 Å². The number of carbonyl (C=O) groups excluding carboxylic acids is 1. The quantitative estimate of drug-likeness (QED) is 0.509. The number of pyridine rings is 1. The summed E-state index contributed by atoms with van der Waals surface area (Å²) in [6.45, 7) is 3.61. The van der Waals surface area contributed by atoms with Gasteiger partial charge in [0.15, 0.2) is 0 Å². The minimum absolute atomic E-state index is 0.00594. The van der Waals surface area contributed by atoms with E-state index in [4.69, 9.17) is 0 Å². The Balaban J connectivity index is 1.36. The van der Waals surface area contributed by atoms with Crippen molar-refractivity contribution >= 4 is 28.5 Å². The summed E-state index contributed by atoms with van der Waals surface area (Å²) >= 11 is 0. The van der Waals surface area contributed by atoms with Crippen LogP contribution in [0.1, 0.15) is 26.7 Å². The molecule has 1 saturated carbocycles. The molecule has 0 unspecified atom stereocenters. The molecule has 1 aliphatic rings. The first-order valence-electron chi connectivity index (χ1n) is 9.32. The molecule has 4 heterocycles. The van der Waals surface area contributed by atoms with E-state index >= 15 is 0 Å². The zero-order valence-electron chi connectivity index (χ0n) is 15.7. The molecule has 0 spiro atoms. The van der Waals surface area contributed by atoms with Crippen LogP contribution in [-0.4, -0.2) is 41.8 Å². The lowest BCUT2D eigenvalue weighted by Crippen LogP contribution is -2.59. The number of hydrogen-bond donors (Lipinski definition) is 3. The van der Waals surface area contributed by atoms with Crippen LogP contribution in [0.4, 0.5) is 5.95 Å². The van der Waals surface area contributed by atoms with Gasteiger partial charge in [0.1, 0.15) is 11.3 Å². The number of anilines is 1. The minimum atomic E-state index is -0.140. The summed E-state index contributed by atoms with van der Waals surface area (Å²) in [6.07, 6.45) is 11.3. The van der Waals surface area contributed by atoms with Gasteiger partial charge in [-0.2, -0.15) is 4.98 Å². The number of fused-ring (bicyclic) bond motifs is 2. The monoisotopic (exact) mass is 375 g/mol. The molecule has 3 N–H and O–H groups in total. The van der Waals surface area contributed by atoms with Gasteiger partial charge >= 0.3 is 0 Å². The number of aromatic nitrogens is 5. The molecule has 0 bridgehead atoms. The maximum atomic E-state index is 11.3. The molecule has 4 aromatic rings. The summed E-state index contributed by atoms with van der Waals surface area (Å²) < 4.78 is 1.99.